The summed E-state index contributed by atoms with van der Waals surface area (Å²) >= 11 is 0. The molecule has 2 fully saturated rings. The molecule has 2 aliphatic rings. The SMILES string of the molecule is CC1CC(OCC(NC2CC2)C(=O)O)CC(C)O1. The monoisotopic (exact) mass is 257 g/mol. The van der Waals surface area contributed by atoms with Crippen LogP contribution in [-0.4, -0.2) is 48.1 Å². The second kappa shape index (κ2) is 5.99. The van der Waals surface area contributed by atoms with Gasteiger partial charge >= 0.3 is 5.97 Å². The number of hydrogen-bond acceptors (Lipinski definition) is 4. The minimum absolute atomic E-state index is 0.117. The van der Waals surface area contributed by atoms with Crippen LogP contribution in [0.5, 0.6) is 0 Å². The maximum absolute atomic E-state index is 11.1. The quantitative estimate of drug-likeness (QED) is 0.747. The van der Waals surface area contributed by atoms with Crippen LogP contribution in [0.15, 0.2) is 0 Å². The van der Waals surface area contributed by atoms with Gasteiger partial charge in [-0.25, -0.2) is 0 Å². The van der Waals surface area contributed by atoms with E-state index in [-0.39, 0.29) is 24.9 Å². The molecule has 1 aliphatic heterocycles. The Hall–Kier alpha value is -0.650. The fraction of sp³-hybridized carbons (Fsp3) is 0.923. The van der Waals surface area contributed by atoms with Crippen molar-refractivity contribution >= 4 is 5.97 Å². The van der Waals surface area contributed by atoms with Crippen LogP contribution in [0, 0.1) is 0 Å². The van der Waals surface area contributed by atoms with Gasteiger partial charge in [-0.2, -0.15) is 0 Å². The van der Waals surface area contributed by atoms with E-state index in [1.807, 2.05) is 13.8 Å². The fourth-order valence-electron chi connectivity index (χ4n) is 2.44. The van der Waals surface area contributed by atoms with Gasteiger partial charge in [0.05, 0.1) is 24.9 Å². The molecule has 5 heteroatoms. The molecule has 104 valence electrons. The van der Waals surface area contributed by atoms with E-state index in [9.17, 15) is 4.79 Å². The van der Waals surface area contributed by atoms with Crippen molar-refractivity contribution in [1.82, 2.24) is 5.32 Å². The molecule has 1 aliphatic carbocycles. The number of ether oxygens (including phenoxy) is 2. The third kappa shape index (κ3) is 4.23. The molecule has 1 saturated carbocycles. The average Bonchev–Trinajstić information content (AvgIpc) is 3.06. The largest absolute Gasteiger partial charge is 0.480 e. The summed E-state index contributed by atoms with van der Waals surface area (Å²) in [6.07, 6.45) is 4.35. The topological polar surface area (TPSA) is 67.8 Å². The van der Waals surface area contributed by atoms with Crippen molar-refractivity contribution in [2.75, 3.05) is 6.61 Å². The highest BCUT2D eigenvalue weighted by Crippen LogP contribution is 2.22. The lowest BCUT2D eigenvalue weighted by Gasteiger charge is -2.32. The number of carbonyl (C=O) groups is 1. The minimum atomic E-state index is -0.824. The highest BCUT2D eigenvalue weighted by Gasteiger charge is 2.30. The molecule has 0 aromatic rings. The second-order valence-corrected chi connectivity index (χ2v) is 5.52. The smallest absolute Gasteiger partial charge is 0.323 e. The summed E-state index contributed by atoms with van der Waals surface area (Å²) in [6.45, 7) is 4.31. The van der Waals surface area contributed by atoms with Crippen LogP contribution in [0.3, 0.4) is 0 Å². The molecule has 1 heterocycles. The normalized spacial score (nSPS) is 34.2. The molecule has 0 spiro atoms. The number of hydrogen-bond donors (Lipinski definition) is 2. The first kappa shape index (κ1) is 13.8. The van der Waals surface area contributed by atoms with E-state index in [1.54, 1.807) is 0 Å². The molecule has 3 unspecified atom stereocenters. The van der Waals surface area contributed by atoms with Crippen molar-refractivity contribution in [3.8, 4) is 0 Å². The van der Waals surface area contributed by atoms with E-state index in [0.29, 0.717) is 6.04 Å². The second-order valence-electron chi connectivity index (χ2n) is 5.52. The van der Waals surface area contributed by atoms with E-state index in [1.165, 1.54) is 0 Å². The van der Waals surface area contributed by atoms with Gasteiger partial charge in [0.25, 0.3) is 0 Å². The third-order valence-corrected chi connectivity index (χ3v) is 3.47. The van der Waals surface area contributed by atoms with Crippen LogP contribution in [-0.2, 0) is 14.3 Å². The third-order valence-electron chi connectivity index (χ3n) is 3.47. The lowest BCUT2D eigenvalue weighted by atomic mass is 10.0. The fourth-order valence-corrected chi connectivity index (χ4v) is 2.44. The highest BCUT2D eigenvalue weighted by atomic mass is 16.5. The standard InChI is InChI=1S/C13H23NO4/c1-8-5-11(6-9(2)18-8)17-7-12(13(15)16)14-10-3-4-10/h8-12,14H,3-7H2,1-2H3,(H,15,16). The van der Waals surface area contributed by atoms with Gasteiger partial charge in [0.1, 0.15) is 6.04 Å². The molecule has 0 aromatic heterocycles. The van der Waals surface area contributed by atoms with Crippen LogP contribution in [0.25, 0.3) is 0 Å². The number of nitrogens with one attached hydrogen (secondary N) is 1. The molecule has 0 radical (unpaired) electrons. The van der Waals surface area contributed by atoms with Gasteiger partial charge in [0.2, 0.25) is 0 Å². The zero-order valence-electron chi connectivity index (χ0n) is 11.1. The average molecular weight is 257 g/mol. The molecular weight excluding hydrogens is 234 g/mol. The van der Waals surface area contributed by atoms with Crippen molar-refractivity contribution in [2.45, 2.75) is 69.9 Å². The van der Waals surface area contributed by atoms with E-state index >= 15 is 0 Å². The Morgan fingerprint density at radius 1 is 1.39 bits per heavy atom. The molecule has 1 saturated heterocycles. The van der Waals surface area contributed by atoms with Crippen molar-refractivity contribution in [2.24, 2.45) is 0 Å². The van der Waals surface area contributed by atoms with Gasteiger partial charge in [0, 0.05) is 6.04 Å². The minimum Gasteiger partial charge on any atom is -0.480 e. The lowest BCUT2D eigenvalue weighted by molar-refractivity contribution is -0.144. The van der Waals surface area contributed by atoms with E-state index < -0.39 is 12.0 Å². The Kier molecular flexibility index (Phi) is 4.59. The van der Waals surface area contributed by atoms with Gasteiger partial charge in [-0.3, -0.25) is 10.1 Å². The van der Waals surface area contributed by atoms with Crippen LogP contribution < -0.4 is 5.32 Å². The molecule has 2 rings (SSSR count). The summed E-state index contributed by atoms with van der Waals surface area (Å²) in [7, 11) is 0. The van der Waals surface area contributed by atoms with Crippen molar-refractivity contribution in [3.63, 3.8) is 0 Å². The van der Waals surface area contributed by atoms with Crippen molar-refractivity contribution < 1.29 is 19.4 Å². The Bertz CT molecular complexity index is 283. The lowest BCUT2D eigenvalue weighted by Crippen LogP contribution is -2.44. The number of rotatable bonds is 6. The molecule has 0 amide bonds. The van der Waals surface area contributed by atoms with Crippen LogP contribution in [0.2, 0.25) is 0 Å². The van der Waals surface area contributed by atoms with Crippen LogP contribution in [0.4, 0.5) is 0 Å². The zero-order chi connectivity index (χ0) is 13.1. The van der Waals surface area contributed by atoms with Gasteiger partial charge in [0.15, 0.2) is 0 Å². The van der Waals surface area contributed by atoms with Crippen molar-refractivity contribution in [3.05, 3.63) is 0 Å². The first-order valence-electron chi connectivity index (χ1n) is 6.80. The first-order chi connectivity index (χ1) is 8.54. The summed E-state index contributed by atoms with van der Waals surface area (Å²) in [5, 5.41) is 12.2. The summed E-state index contributed by atoms with van der Waals surface area (Å²) in [5.41, 5.74) is 0. The Labute approximate surface area is 108 Å². The molecule has 5 nitrogen and oxygen atoms in total. The Morgan fingerprint density at radius 2 is 2.00 bits per heavy atom. The predicted molar refractivity (Wildman–Crippen MR) is 66.6 cm³/mol. The summed E-state index contributed by atoms with van der Waals surface area (Å²) in [5.74, 6) is -0.824. The van der Waals surface area contributed by atoms with E-state index in [0.717, 1.165) is 25.7 Å². The van der Waals surface area contributed by atoms with Crippen LogP contribution in [0.1, 0.15) is 39.5 Å². The van der Waals surface area contributed by atoms with Gasteiger partial charge in [-0.15, -0.1) is 0 Å². The molecular formula is C13H23NO4. The number of carboxylic acids is 1. The number of aliphatic carboxylic acids is 1. The first-order valence-corrected chi connectivity index (χ1v) is 6.80. The summed E-state index contributed by atoms with van der Waals surface area (Å²) < 4.78 is 11.4. The summed E-state index contributed by atoms with van der Waals surface area (Å²) in [6, 6.07) is -0.201. The van der Waals surface area contributed by atoms with E-state index in [4.69, 9.17) is 14.6 Å². The van der Waals surface area contributed by atoms with E-state index in [2.05, 4.69) is 5.32 Å². The Morgan fingerprint density at radius 3 is 2.50 bits per heavy atom. The highest BCUT2D eigenvalue weighted by molar-refractivity contribution is 5.73. The molecule has 2 N–H and O–H groups in total. The number of carboxylic acid groups (broad SMARTS) is 1. The summed E-state index contributed by atoms with van der Waals surface area (Å²) in [4.78, 5) is 11.1. The van der Waals surface area contributed by atoms with Crippen LogP contribution >= 0.6 is 0 Å². The molecule has 18 heavy (non-hydrogen) atoms. The molecule has 0 bridgehead atoms. The zero-order valence-corrected chi connectivity index (χ0v) is 11.1. The maximum atomic E-state index is 11.1. The predicted octanol–water partition coefficient (Wildman–Crippen LogP) is 1.16. The Balaban J connectivity index is 1.75. The molecule has 3 atom stereocenters. The maximum Gasteiger partial charge on any atom is 0.323 e. The molecule has 0 aromatic carbocycles. The van der Waals surface area contributed by atoms with Gasteiger partial charge < -0.3 is 14.6 Å². The van der Waals surface area contributed by atoms with Gasteiger partial charge in [-0.05, 0) is 39.5 Å². The van der Waals surface area contributed by atoms with Gasteiger partial charge in [-0.1, -0.05) is 0 Å². The van der Waals surface area contributed by atoms with Crippen molar-refractivity contribution in [1.29, 1.82) is 0 Å².